The van der Waals surface area contributed by atoms with Crippen molar-refractivity contribution >= 4 is 11.9 Å². The molecule has 1 amide bonds. The number of amides is 1. The van der Waals surface area contributed by atoms with Crippen LogP contribution in [0.5, 0.6) is 5.75 Å². The fraction of sp³-hybridized carbons (Fsp3) is 0.375. The third-order valence-corrected chi connectivity index (χ3v) is 3.12. The largest absolute Gasteiger partial charge is 0.489 e. The number of carbonyl (C=O) groups is 2. The molecule has 0 saturated carbocycles. The topological polar surface area (TPSA) is 66.8 Å². The van der Waals surface area contributed by atoms with Crippen LogP contribution >= 0.6 is 0 Å². The molecule has 0 unspecified atom stereocenters. The molecular weight excluding hydrogens is 327 g/mol. The predicted octanol–water partition coefficient (Wildman–Crippen LogP) is 3.21. The number of nitrogens with zero attached hydrogens (tertiary/aromatic N) is 1. The Labute approximate surface area is 137 Å². The first-order valence-electron chi connectivity index (χ1n) is 7.09. The Morgan fingerprint density at radius 1 is 1.38 bits per heavy atom. The van der Waals surface area contributed by atoms with Gasteiger partial charge in [-0.2, -0.15) is 13.2 Å². The zero-order valence-electron chi connectivity index (χ0n) is 13.1. The highest BCUT2D eigenvalue weighted by atomic mass is 19.4. The molecular formula is C16H18F3NO4. The first-order valence-corrected chi connectivity index (χ1v) is 7.09. The molecule has 0 aliphatic rings. The average Bonchev–Trinajstić information content (AvgIpc) is 2.50. The van der Waals surface area contributed by atoms with Gasteiger partial charge < -0.3 is 14.7 Å². The molecule has 0 radical (unpaired) electrons. The molecule has 0 aliphatic carbocycles. The van der Waals surface area contributed by atoms with Crippen molar-refractivity contribution in [3.63, 3.8) is 0 Å². The molecule has 1 aromatic carbocycles. The van der Waals surface area contributed by atoms with E-state index in [1.54, 1.807) is 0 Å². The van der Waals surface area contributed by atoms with E-state index in [0.717, 1.165) is 18.2 Å². The van der Waals surface area contributed by atoms with Gasteiger partial charge in [0.15, 0.2) is 0 Å². The Hall–Kier alpha value is -2.51. The molecule has 132 valence electrons. The third kappa shape index (κ3) is 5.60. The highest BCUT2D eigenvalue weighted by Gasteiger charge is 2.32. The van der Waals surface area contributed by atoms with Gasteiger partial charge in [-0.15, -0.1) is 0 Å². The summed E-state index contributed by atoms with van der Waals surface area (Å²) in [4.78, 5) is 24.0. The summed E-state index contributed by atoms with van der Waals surface area (Å²) in [6.45, 7) is 3.58. The zero-order valence-corrected chi connectivity index (χ0v) is 13.1. The van der Waals surface area contributed by atoms with E-state index in [2.05, 4.69) is 6.58 Å². The lowest BCUT2D eigenvalue weighted by Gasteiger charge is -2.20. The second-order valence-electron chi connectivity index (χ2n) is 5.03. The first-order chi connectivity index (χ1) is 11.2. The van der Waals surface area contributed by atoms with E-state index in [9.17, 15) is 22.8 Å². The highest BCUT2D eigenvalue weighted by molar-refractivity contribution is 5.97. The fourth-order valence-corrected chi connectivity index (χ4v) is 1.92. The summed E-state index contributed by atoms with van der Waals surface area (Å²) in [7, 11) is 1.39. The number of alkyl halides is 3. The number of halogens is 3. The van der Waals surface area contributed by atoms with Crippen LogP contribution in [-0.2, 0) is 11.0 Å². The quantitative estimate of drug-likeness (QED) is 0.735. The maximum Gasteiger partial charge on any atom is 0.416 e. The molecule has 8 heteroatoms. The van der Waals surface area contributed by atoms with Crippen LogP contribution < -0.4 is 4.74 Å². The summed E-state index contributed by atoms with van der Waals surface area (Å²) < 4.78 is 43.8. The molecule has 0 bridgehead atoms. The Morgan fingerprint density at radius 2 is 2.04 bits per heavy atom. The van der Waals surface area contributed by atoms with E-state index in [0.29, 0.717) is 0 Å². The van der Waals surface area contributed by atoms with Gasteiger partial charge in [0.25, 0.3) is 5.91 Å². The lowest BCUT2D eigenvalue weighted by atomic mass is 10.1. The molecule has 1 N–H and O–H groups in total. The van der Waals surface area contributed by atoms with Crippen LogP contribution in [0.15, 0.2) is 30.9 Å². The van der Waals surface area contributed by atoms with Crippen molar-refractivity contribution in [3.05, 3.63) is 42.0 Å². The number of benzene rings is 1. The van der Waals surface area contributed by atoms with Crippen LogP contribution in [0.25, 0.3) is 0 Å². The zero-order chi connectivity index (χ0) is 18.3. The Kier molecular flexibility index (Phi) is 6.82. The van der Waals surface area contributed by atoms with Crippen molar-refractivity contribution in [1.29, 1.82) is 0 Å². The van der Waals surface area contributed by atoms with Gasteiger partial charge in [-0.25, -0.2) is 0 Å². The van der Waals surface area contributed by atoms with Gasteiger partial charge in [-0.3, -0.25) is 9.59 Å². The van der Waals surface area contributed by atoms with Gasteiger partial charge in [0, 0.05) is 20.0 Å². The van der Waals surface area contributed by atoms with Crippen molar-refractivity contribution < 1.29 is 32.6 Å². The van der Waals surface area contributed by atoms with Crippen LogP contribution in [0, 0.1) is 0 Å². The van der Waals surface area contributed by atoms with Gasteiger partial charge in [-0.05, 0) is 24.6 Å². The van der Waals surface area contributed by atoms with Gasteiger partial charge in [0.1, 0.15) is 12.4 Å². The van der Waals surface area contributed by atoms with Gasteiger partial charge >= 0.3 is 12.1 Å². The normalized spacial score (nSPS) is 11.0. The molecule has 1 aromatic rings. The number of ether oxygens (including phenoxy) is 1. The molecule has 1 rings (SSSR count). The second-order valence-corrected chi connectivity index (χ2v) is 5.03. The van der Waals surface area contributed by atoms with E-state index in [1.165, 1.54) is 18.0 Å². The summed E-state index contributed by atoms with van der Waals surface area (Å²) in [5, 5.41) is 8.59. The van der Waals surface area contributed by atoms with E-state index in [4.69, 9.17) is 9.84 Å². The molecule has 0 atom stereocenters. The minimum absolute atomic E-state index is 0.0120. The number of hydrogen-bond acceptors (Lipinski definition) is 3. The lowest BCUT2D eigenvalue weighted by Crippen LogP contribution is -2.29. The molecule has 0 saturated heterocycles. The number of carbonyl (C=O) groups excluding carboxylic acids is 1. The van der Waals surface area contributed by atoms with Crippen molar-refractivity contribution in [3.8, 4) is 5.75 Å². The summed E-state index contributed by atoms with van der Waals surface area (Å²) in [5.41, 5.74) is -1.19. The fourth-order valence-electron chi connectivity index (χ4n) is 1.92. The molecule has 5 nitrogen and oxygen atoms in total. The van der Waals surface area contributed by atoms with Crippen molar-refractivity contribution in [2.45, 2.75) is 19.0 Å². The van der Waals surface area contributed by atoms with E-state index < -0.39 is 23.6 Å². The molecule has 0 aliphatic heterocycles. The number of carboxylic acids is 1. The van der Waals surface area contributed by atoms with Crippen molar-refractivity contribution in [2.75, 3.05) is 20.2 Å². The van der Waals surface area contributed by atoms with E-state index in [1.807, 2.05) is 0 Å². The van der Waals surface area contributed by atoms with Crippen LogP contribution in [0.1, 0.15) is 28.8 Å². The Bertz CT molecular complexity index is 614. The molecule has 0 heterocycles. The number of carboxylic acid groups (broad SMARTS) is 1. The number of aliphatic carboxylic acids is 1. The minimum Gasteiger partial charge on any atom is -0.489 e. The monoisotopic (exact) mass is 345 g/mol. The average molecular weight is 345 g/mol. The van der Waals surface area contributed by atoms with Crippen LogP contribution in [0.3, 0.4) is 0 Å². The summed E-state index contributed by atoms with van der Waals surface area (Å²) in [5.74, 6) is -1.67. The summed E-state index contributed by atoms with van der Waals surface area (Å²) in [6.07, 6.45) is -3.13. The third-order valence-electron chi connectivity index (χ3n) is 3.12. The smallest absolute Gasteiger partial charge is 0.416 e. The Balaban J connectivity index is 3.04. The van der Waals surface area contributed by atoms with Gasteiger partial charge in [0.2, 0.25) is 0 Å². The van der Waals surface area contributed by atoms with Crippen molar-refractivity contribution in [2.24, 2.45) is 0 Å². The summed E-state index contributed by atoms with van der Waals surface area (Å²) in [6, 6.07) is 2.65. The minimum atomic E-state index is -4.59. The maximum atomic E-state index is 12.9. The molecule has 0 aromatic heterocycles. The predicted molar refractivity (Wildman–Crippen MR) is 81.0 cm³/mol. The molecule has 0 fully saturated rings. The highest BCUT2D eigenvalue weighted by Crippen LogP contribution is 2.33. The standard InChI is InChI=1S/C16H18F3NO4/c1-3-9-24-13-7-6-11(16(17,18)19)10-12(13)15(23)20(2)8-4-5-14(21)22/h3,6-7,10H,1,4-5,8-9H2,2H3,(H,21,22). The SMILES string of the molecule is C=CCOc1ccc(C(F)(F)F)cc1C(=O)N(C)CCCC(=O)O. The number of hydrogen-bond donors (Lipinski definition) is 1. The number of rotatable bonds is 8. The van der Waals surface area contributed by atoms with Crippen molar-refractivity contribution in [1.82, 2.24) is 4.90 Å². The van der Waals surface area contributed by atoms with E-state index >= 15 is 0 Å². The lowest BCUT2D eigenvalue weighted by molar-refractivity contribution is -0.138. The maximum absolute atomic E-state index is 12.9. The second kappa shape index (κ2) is 8.37. The van der Waals surface area contributed by atoms with Gasteiger partial charge in [-0.1, -0.05) is 12.7 Å². The summed E-state index contributed by atoms with van der Waals surface area (Å²) >= 11 is 0. The molecule has 0 spiro atoms. The van der Waals surface area contributed by atoms with Gasteiger partial charge in [0.05, 0.1) is 11.1 Å². The molecule has 24 heavy (non-hydrogen) atoms. The Morgan fingerprint density at radius 3 is 2.58 bits per heavy atom. The van der Waals surface area contributed by atoms with Crippen LogP contribution in [0.2, 0.25) is 0 Å². The van der Waals surface area contributed by atoms with Crippen LogP contribution in [0.4, 0.5) is 13.2 Å². The van der Waals surface area contributed by atoms with Crippen LogP contribution in [-0.4, -0.2) is 42.1 Å². The van der Waals surface area contributed by atoms with E-state index in [-0.39, 0.29) is 37.3 Å². The first kappa shape index (κ1) is 19.5.